The third-order valence-electron chi connectivity index (χ3n) is 4.34. The van der Waals surface area contributed by atoms with Gasteiger partial charge in [0.1, 0.15) is 5.75 Å². The number of pyridine rings is 2. The smallest absolute Gasteiger partial charge is 0.256 e. The molecule has 0 aliphatic rings. The van der Waals surface area contributed by atoms with Gasteiger partial charge in [0.2, 0.25) is 0 Å². The second kappa shape index (κ2) is 6.88. The Morgan fingerprint density at radius 2 is 1.78 bits per heavy atom. The summed E-state index contributed by atoms with van der Waals surface area (Å²) in [5, 5.41) is 13.6. The Hall–Kier alpha value is -3.73. The summed E-state index contributed by atoms with van der Waals surface area (Å²) < 4.78 is 0. The first-order chi connectivity index (χ1) is 13.1. The highest BCUT2D eigenvalue weighted by Crippen LogP contribution is 2.28. The summed E-state index contributed by atoms with van der Waals surface area (Å²) in [7, 11) is 0. The van der Waals surface area contributed by atoms with Crippen LogP contribution >= 0.6 is 0 Å². The molecule has 132 valence electrons. The Bertz CT molecular complexity index is 1140. The van der Waals surface area contributed by atoms with E-state index < -0.39 is 0 Å². The van der Waals surface area contributed by atoms with Gasteiger partial charge in [-0.25, -0.2) is 4.98 Å². The molecule has 0 aliphatic heterocycles. The van der Waals surface area contributed by atoms with Crippen LogP contribution in [-0.2, 0) is 0 Å². The molecule has 0 fully saturated rings. The minimum atomic E-state index is -0.301. The van der Waals surface area contributed by atoms with Crippen LogP contribution in [0.2, 0.25) is 0 Å². The van der Waals surface area contributed by atoms with Gasteiger partial charge in [-0.2, -0.15) is 0 Å². The maximum absolute atomic E-state index is 13.0. The number of fused-ring (bicyclic) bond motifs is 1. The van der Waals surface area contributed by atoms with Crippen molar-refractivity contribution in [2.45, 2.75) is 6.92 Å². The van der Waals surface area contributed by atoms with E-state index in [1.807, 2.05) is 43.3 Å². The first-order valence-corrected chi connectivity index (χ1v) is 8.53. The average Bonchev–Trinajstić information content (AvgIpc) is 2.70. The standard InChI is InChI=1S/C22H17N3O2/c1-14-6-7-21(26)20(12-14)25-22(27)17-13-19(15-8-10-23-11-9-15)24-18-5-3-2-4-16(17)18/h2-13,26H,1H3,(H,25,27). The summed E-state index contributed by atoms with van der Waals surface area (Å²) in [6, 6.07) is 18.1. The van der Waals surface area contributed by atoms with E-state index >= 15 is 0 Å². The molecule has 5 heteroatoms. The molecule has 2 heterocycles. The predicted octanol–water partition coefficient (Wildman–Crippen LogP) is 4.56. The molecule has 5 nitrogen and oxygen atoms in total. The zero-order valence-corrected chi connectivity index (χ0v) is 14.7. The van der Waals surface area contributed by atoms with Crippen LogP contribution in [-0.4, -0.2) is 21.0 Å². The number of carbonyl (C=O) groups is 1. The number of aromatic hydroxyl groups is 1. The molecule has 0 bridgehead atoms. The molecule has 0 spiro atoms. The van der Waals surface area contributed by atoms with E-state index in [0.29, 0.717) is 16.9 Å². The van der Waals surface area contributed by atoms with Crippen LogP contribution in [0.3, 0.4) is 0 Å². The Morgan fingerprint density at radius 1 is 1.00 bits per heavy atom. The Labute approximate surface area is 156 Å². The van der Waals surface area contributed by atoms with Crippen molar-refractivity contribution in [3.63, 3.8) is 0 Å². The summed E-state index contributed by atoms with van der Waals surface area (Å²) in [6.45, 7) is 1.90. The van der Waals surface area contributed by atoms with Gasteiger partial charge >= 0.3 is 0 Å². The molecule has 2 N–H and O–H groups in total. The number of anilines is 1. The Balaban J connectivity index is 1.82. The van der Waals surface area contributed by atoms with E-state index in [9.17, 15) is 9.90 Å². The summed E-state index contributed by atoms with van der Waals surface area (Å²) in [5.74, 6) is -0.272. The minimum absolute atomic E-state index is 0.0293. The number of phenols is 1. The first kappa shape index (κ1) is 16.7. The number of benzene rings is 2. The van der Waals surface area contributed by atoms with Crippen molar-refractivity contribution < 1.29 is 9.90 Å². The molecule has 0 unspecified atom stereocenters. The number of para-hydroxylation sites is 1. The monoisotopic (exact) mass is 355 g/mol. The number of phenolic OH excluding ortho intramolecular Hbond substituents is 1. The lowest BCUT2D eigenvalue weighted by Gasteiger charge is -2.12. The first-order valence-electron chi connectivity index (χ1n) is 8.53. The quantitative estimate of drug-likeness (QED) is 0.528. The third-order valence-corrected chi connectivity index (χ3v) is 4.34. The molecule has 27 heavy (non-hydrogen) atoms. The fourth-order valence-corrected chi connectivity index (χ4v) is 2.97. The lowest BCUT2D eigenvalue weighted by atomic mass is 10.0. The van der Waals surface area contributed by atoms with Crippen molar-refractivity contribution >= 4 is 22.5 Å². The molecule has 2 aromatic carbocycles. The highest BCUT2D eigenvalue weighted by Gasteiger charge is 2.15. The maximum Gasteiger partial charge on any atom is 0.256 e. The molecule has 4 rings (SSSR count). The second-order valence-corrected chi connectivity index (χ2v) is 6.28. The van der Waals surface area contributed by atoms with Crippen LogP contribution < -0.4 is 5.32 Å². The fourth-order valence-electron chi connectivity index (χ4n) is 2.97. The van der Waals surface area contributed by atoms with E-state index in [-0.39, 0.29) is 11.7 Å². The molecule has 0 atom stereocenters. The number of aryl methyl sites for hydroxylation is 1. The number of rotatable bonds is 3. The molecular weight excluding hydrogens is 338 g/mol. The number of nitrogens with zero attached hydrogens (tertiary/aromatic N) is 2. The SMILES string of the molecule is Cc1ccc(O)c(NC(=O)c2cc(-c3ccncc3)nc3ccccc23)c1. The summed E-state index contributed by atoms with van der Waals surface area (Å²) in [5.41, 5.74) is 4.11. The number of hydrogen-bond acceptors (Lipinski definition) is 4. The van der Waals surface area contributed by atoms with E-state index in [0.717, 1.165) is 22.0 Å². The van der Waals surface area contributed by atoms with Crippen molar-refractivity contribution in [3.05, 3.63) is 84.2 Å². The molecule has 4 aromatic rings. The van der Waals surface area contributed by atoms with Gasteiger partial charge in [0.25, 0.3) is 5.91 Å². The fraction of sp³-hybridized carbons (Fsp3) is 0.0455. The van der Waals surface area contributed by atoms with E-state index in [1.165, 1.54) is 0 Å². The zero-order valence-electron chi connectivity index (χ0n) is 14.7. The van der Waals surface area contributed by atoms with Crippen LogP contribution in [0.4, 0.5) is 5.69 Å². The van der Waals surface area contributed by atoms with Crippen molar-refractivity contribution in [1.29, 1.82) is 0 Å². The number of carbonyl (C=O) groups excluding carboxylic acids is 1. The van der Waals surface area contributed by atoms with Gasteiger partial charge < -0.3 is 10.4 Å². The molecule has 0 saturated carbocycles. The van der Waals surface area contributed by atoms with Gasteiger partial charge in [-0.05, 0) is 48.9 Å². The molecular formula is C22H17N3O2. The van der Waals surface area contributed by atoms with E-state index in [2.05, 4.69) is 15.3 Å². The van der Waals surface area contributed by atoms with Crippen LogP contribution in [0, 0.1) is 6.92 Å². The van der Waals surface area contributed by atoms with Gasteiger partial charge in [0.05, 0.1) is 22.5 Å². The van der Waals surface area contributed by atoms with Crippen molar-refractivity contribution in [2.24, 2.45) is 0 Å². The number of aromatic nitrogens is 2. The maximum atomic E-state index is 13.0. The molecule has 0 saturated heterocycles. The number of amides is 1. The lowest BCUT2D eigenvalue weighted by molar-refractivity contribution is 0.102. The van der Waals surface area contributed by atoms with Crippen LogP contribution in [0.25, 0.3) is 22.2 Å². The van der Waals surface area contributed by atoms with E-state index in [1.54, 1.807) is 36.7 Å². The zero-order chi connectivity index (χ0) is 18.8. The number of nitrogens with one attached hydrogen (secondary N) is 1. The van der Waals surface area contributed by atoms with Gasteiger partial charge in [0.15, 0.2) is 0 Å². The second-order valence-electron chi connectivity index (χ2n) is 6.28. The van der Waals surface area contributed by atoms with Gasteiger partial charge in [-0.15, -0.1) is 0 Å². The van der Waals surface area contributed by atoms with Gasteiger partial charge in [-0.1, -0.05) is 24.3 Å². The molecule has 1 amide bonds. The van der Waals surface area contributed by atoms with Gasteiger partial charge in [0, 0.05) is 23.3 Å². The largest absolute Gasteiger partial charge is 0.506 e. The van der Waals surface area contributed by atoms with Gasteiger partial charge in [-0.3, -0.25) is 9.78 Å². The summed E-state index contributed by atoms with van der Waals surface area (Å²) >= 11 is 0. The minimum Gasteiger partial charge on any atom is -0.506 e. The highest BCUT2D eigenvalue weighted by atomic mass is 16.3. The van der Waals surface area contributed by atoms with Crippen LogP contribution in [0.1, 0.15) is 15.9 Å². The topological polar surface area (TPSA) is 75.1 Å². The number of hydrogen-bond donors (Lipinski definition) is 2. The van der Waals surface area contributed by atoms with Crippen LogP contribution in [0.15, 0.2) is 73.1 Å². The molecule has 2 aromatic heterocycles. The van der Waals surface area contributed by atoms with Crippen molar-refractivity contribution in [3.8, 4) is 17.0 Å². The van der Waals surface area contributed by atoms with E-state index in [4.69, 9.17) is 0 Å². The van der Waals surface area contributed by atoms with Crippen molar-refractivity contribution in [1.82, 2.24) is 9.97 Å². The predicted molar refractivity (Wildman–Crippen MR) is 106 cm³/mol. The Morgan fingerprint density at radius 3 is 2.59 bits per heavy atom. The normalized spacial score (nSPS) is 10.7. The average molecular weight is 355 g/mol. The lowest BCUT2D eigenvalue weighted by Crippen LogP contribution is -2.13. The Kier molecular flexibility index (Phi) is 4.26. The molecule has 0 radical (unpaired) electrons. The van der Waals surface area contributed by atoms with Crippen molar-refractivity contribution in [2.75, 3.05) is 5.32 Å². The van der Waals surface area contributed by atoms with Crippen LogP contribution in [0.5, 0.6) is 5.75 Å². The summed E-state index contributed by atoms with van der Waals surface area (Å²) in [4.78, 5) is 21.7. The third kappa shape index (κ3) is 3.35. The highest BCUT2D eigenvalue weighted by molar-refractivity contribution is 6.13. The summed E-state index contributed by atoms with van der Waals surface area (Å²) in [6.07, 6.45) is 3.38. The molecule has 0 aliphatic carbocycles.